The fourth-order valence-corrected chi connectivity index (χ4v) is 5.84. The Labute approximate surface area is 215 Å². The third-order valence-corrected chi connectivity index (χ3v) is 7.67. The van der Waals surface area contributed by atoms with Crippen LogP contribution in [0.3, 0.4) is 0 Å². The predicted octanol–water partition coefficient (Wildman–Crippen LogP) is 3.46. The number of aromatic nitrogens is 2. The van der Waals surface area contributed by atoms with Crippen molar-refractivity contribution in [3.63, 3.8) is 0 Å². The zero-order valence-electron chi connectivity index (χ0n) is 20.9. The lowest BCUT2D eigenvalue weighted by molar-refractivity contribution is -0.128. The fraction of sp³-hybridized carbons (Fsp3) is 0.481. The Morgan fingerprint density at radius 1 is 1.30 bits per heavy atom. The smallest absolute Gasteiger partial charge is 0.318 e. The van der Waals surface area contributed by atoms with Crippen LogP contribution in [0.1, 0.15) is 36.1 Å². The number of para-hydroxylation sites is 1. The van der Waals surface area contributed by atoms with Crippen LogP contribution in [0, 0.1) is 11.3 Å². The van der Waals surface area contributed by atoms with Crippen molar-refractivity contribution in [1.29, 1.82) is 5.26 Å². The minimum atomic E-state index is -2.83. The molecule has 0 bridgehead atoms. The van der Waals surface area contributed by atoms with Gasteiger partial charge in [-0.25, -0.2) is 8.78 Å². The summed E-state index contributed by atoms with van der Waals surface area (Å²) in [7, 11) is 1.52. The summed E-state index contributed by atoms with van der Waals surface area (Å²) in [4.78, 5) is 27.6. The molecule has 3 aliphatic rings. The SMILES string of the molecule is C=CC(=O)N1CCN(c2nc(OC)nc3c2CCC(N2CCC(F)(F)c4ccccc42)C3)C[C@@H]1CC#N. The predicted molar refractivity (Wildman–Crippen MR) is 135 cm³/mol. The van der Waals surface area contributed by atoms with E-state index in [9.17, 15) is 18.8 Å². The molecule has 1 aromatic heterocycles. The molecule has 0 saturated carbocycles. The van der Waals surface area contributed by atoms with E-state index in [2.05, 4.69) is 32.4 Å². The highest BCUT2D eigenvalue weighted by Crippen LogP contribution is 2.44. The average Bonchev–Trinajstić information content (AvgIpc) is 2.92. The number of anilines is 2. The van der Waals surface area contributed by atoms with Crippen LogP contribution in [0.25, 0.3) is 0 Å². The number of piperazine rings is 1. The topological polar surface area (TPSA) is 85.6 Å². The van der Waals surface area contributed by atoms with Gasteiger partial charge in [-0.15, -0.1) is 0 Å². The molecule has 10 heteroatoms. The largest absolute Gasteiger partial charge is 0.467 e. The number of rotatable bonds is 5. The summed E-state index contributed by atoms with van der Waals surface area (Å²) in [6, 6.07) is 8.98. The van der Waals surface area contributed by atoms with Crippen LogP contribution >= 0.6 is 0 Å². The molecule has 0 radical (unpaired) electrons. The summed E-state index contributed by atoms with van der Waals surface area (Å²) in [5.74, 6) is -2.25. The minimum Gasteiger partial charge on any atom is -0.467 e. The molecule has 1 amide bonds. The summed E-state index contributed by atoms with van der Waals surface area (Å²) >= 11 is 0. The van der Waals surface area contributed by atoms with Crippen LogP contribution in [0.15, 0.2) is 36.9 Å². The molecule has 3 heterocycles. The molecule has 2 atom stereocenters. The second kappa shape index (κ2) is 9.96. The molecule has 1 fully saturated rings. The van der Waals surface area contributed by atoms with Crippen molar-refractivity contribution in [2.45, 2.75) is 50.1 Å². The van der Waals surface area contributed by atoms with Gasteiger partial charge in [0.25, 0.3) is 5.92 Å². The van der Waals surface area contributed by atoms with Gasteiger partial charge in [-0.3, -0.25) is 4.79 Å². The molecule has 1 unspecified atom stereocenters. The lowest BCUT2D eigenvalue weighted by atomic mass is 9.88. The normalized spacial score (nSPS) is 22.5. The van der Waals surface area contributed by atoms with Crippen molar-refractivity contribution in [1.82, 2.24) is 14.9 Å². The Bertz CT molecular complexity index is 1250. The molecule has 194 valence electrons. The van der Waals surface area contributed by atoms with E-state index in [4.69, 9.17) is 4.74 Å². The van der Waals surface area contributed by atoms with Gasteiger partial charge in [0.05, 0.1) is 31.3 Å². The number of methoxy groups -OCH3 is 1. The molecule has 8 nitrogen and oxygen atoms in total. The van der Waals surface area contributed by atoms with Gasteiger partial charge >= 0.3 is 6.01 Å². The number of alkyl halides is 2. The quantitative estimate of drug-likeness (QED) is 0.572. The monoisotopic (exact) mass is 508 g/mol. The first-order chi connectivity index (χ1) is 17.9. The summed E-state index contributed by atoms with van der Waals surface area (Å²) in [5.41, 5.74) is 2.56. The van der Waals surface area contributed by atoms with E-state index in [1.807, 2.05) is 6.07 Å². The van der Waals surface area contributed by atoms with Crippen LogP contribution < -0.4 is 14.5 Å². The number of nitriles is 1. The number of hydrogen-bond donors (Lipinski definition) is 0. The van der Waals surface area contributed by atoms with Crippen LogP contribution in [0.5, 0.6) is 6.01 Å². The van der Waals surface area contributed by atoms with Crippen molar-refractivity contribution in [3.05, 3.63) is 53.7 Å². The van der Waals surface area contributed by atoms with E-state index in [-0.39, 0.29) is 49.0 Å². The molecule has 2 aliphatic heterocycles. The number of benzene rings is 1. The van der Waals surface area contributed by atoms with Gasteiger partial charge in [-0.2, -0.15) is 15.2 Å². The van der Waals surface area contributed by atoms with Crippen molar-refractivity contribution < 1.29 is 18.3 Å². The molecule has 2 aromatic rings. The maximum Gasteiger partial charge on any atom is 0.318 e. The highest BCUT2D eigenvalue weighted by Gasteiger charge is 2.42. The zero-order chi connectivity index (χ0) is 26.2. The van der Waals surface area contributed by atoms with Crippen molar-refractivity contribution in [2.24, 2.45) is 0 Å². The number of hydrogen-bond acceptors (Lipinski definition) is 7. The molecule has 1 aromatic carbocycles. The van der Waals surface area contributed by atoms with Crippen LogP contribution in [0.2, 0.25) is 0 Å². The molecule has 0 N–H and O–H groups in total. The summed E-state index contributed by atoms with van der Waals surface area (Å²) in [6.45, 7) is 5.36. The summed E-state index contributed by atoms with van der Waals surface area (Å²) in [6.07, 6.45) is 3.36. The lowest BCUT2D eigenvalue weighted by Crippen LogP contribution is -2.55. The molecule has 0 spiro atoms. The van der Waals surface area contributed by atoms with E-state index >= 15 is 0 Å². The average molecular weight is 509 g/mol. The Kier molecular flexibility index (Phi) is 6.71. The Balaban J connectivity index is 1.43. The third kappa shape index (κ3) is 4.59. The van der Waals surface area contributed by atoms with Crippen LogP contribution in [-0.4, -0.2) is 66.1 Å². The molecule has 5 rings (SSSR count). The first-order valence-electron chi connectivity index (χ1n) is 12.6. The highest BCUT2D eigenvalue weighted by molar-refractivity contribution is 5.87. The Hall–Kier alpha value is -3.74. The Morgan fingerprint density at radius 3 is 2.86 bits per heavy atom. The van der Waals surface area contributed by atoms with Gasteiger partial charge in [-0.1, -0.05) is 24.8 Å². The third-order valence-electron chi connectivity index (χ3n) is 7.67. The molecule has 1 aliphatic carbocycles. The molecule has 37 heavy (non-hydrogen) atoms. The van der Waals surface area contributed by atoms with E-state index < -0.39 is 5.92 Å². The number of carbonyl (C=O) groups is 1. The number of ether oxygens (including phenoxy) is 1. The highest BCUT2D eigenvalue weighted by atomic mass is 19.3. The second-order valence-electron chi connectivity index (χ2n) is 9.72. The molecule has 1 saturated heterocycles. The number of fused-ring (bicyclic) bond motifs is 2. The van der Waals surface area contributed by atoms with E-state index in [0.717, 1.165) is 23.5 Å². The van der Waals surface area contributed by atoms with Gasteiger partial charge in [0, 0.05) is 61.9 Å². The number of halogens is 2. The summed E-state index contributed by atoms with van der Waals surface area (Å²) < 4.78 is 34.6. The first-order valence-corrected chi connectivity index (χ1v) is 12.6. The number of nitrogens with zero attached hydrogens (tertiary/aromatic N) is 6. The second-order valence-corrected chi connectivity index (χ2v) is 9.72. The van der Waals surface area contributed by atoms with Crippen LogP contribution in [-0.2, 0) is 23.6 Å². The van der Waals surface area contributed by atoms with Crippen molar-refractivity contribution >= 4 is 17.4 Å². The minimum absolute atomic E-state index is 0.0330. The van der Waals surface area contributed by atoms with Gasteiger partial charge in [-0.05, 0) is 25.0 Å². The van der Waals surface area contributed by atoms with Gasteiger partial charge in [0.2, 0.25) is 5.91 Å². The molecular formula is C27H30F2N6O2. The number of carbonyl (C=O) groups excluding carboxylic acids is 1. The van der Waals surface area contributed by atoms with E-state index in [1.54, 1.807) is 17.0 Å². The van der Waals surface area contributed by atoms with E-state index in [1.165, 1.54) is 19.3 Å². The van der Waals surface area contributed by atoms with Gasteiger partial charge < -0.3 is 19.4 Å². The van der Waals surface area contributed by atoms with Gasteiger partial charge in [0.1, 0.15) is 5.82 Å². The van der Waals surface area contributed by atoms with Crippen LogP contribution in [0.4, 0.5) is 20.3 Å². The maximum absolute atomic E-state index is 14.6. The molecular weight excluding hydrogens is 478 g/mol. The first kappa shape index (κ1) is 24.9. The standard InChI is InChI=1S/C27H30F2N6O2/c1-3-24(36)35-15-14-33(17-19(35)10-12-30)25-20-9-8-18(16-22(20)31-26(32-25)37-2)34-13-11-27(28,29)21-6-4-5-7-23(21)34/h3-7,18-19H,1,8-11,13-17H2,2H3/t18?,19-/m0/s1. The fourth-order valence-electron chi connectivity index (χ4n) is 5.84. The summed E-state index contributed by atoms with van der Waals surface area (Å²) in [5, 5.41) is 9.35. The lowest BCUT2D eigenvalue weighted by Gasteiger charge is -2.43. The number of amides is 1. The Morgan fingerprint density at radius 2 is 2.11 bits per heavy atom. The van der Waals surface area contributed by atoms with Crippen molar-refractivity contribution in [2.75, 3.05) is 43.1 Å². The van der Waals surface area contributed by atoms with Gasteiger partial charge in [0.15, 0.2) is 0 Å². The zero-order valence-corrected chi connectivity index (χ0v) is 20.9. The van der Waals surface area contributed by atoms with E-state index in [0.29, 0.717) is 38.2 Å². The maximum atomic E-state index is 14.6. The van der Waals surface area contributed by atoms with Crippen molar-refractivity contribution in [3.8, 4) is 12.1 Å².